The van der Waals surface area contributed by atoms with Gasteiger partial charge in [0.15, 0.2) is 11.9 Å². The Labute approximate surface area is 230 Å². The number of para-hydroxylation sites is 2. The number of nitrogens with zero attached hydrogens (tertiary/aromatic N) is 4. The van der Waals surface area contributed by atoms with Crippen molar-refractivity contribution in [2.24, 2.45) is 11.8 Å². The first-order valence-electron chi connectivity index (χ1n) is 15.3. The van der Waals surface area contributed by atoms with Gasteiger partial charge in [-0.1, -0.05) is 44.2 Å². The molecule has 8 nitrogen and oxygen atoms in total. The lowest BCUT2D eigenvalue weighted by atomic mass is 9.73. The highest BCUT2D eigenvalue weighted by Crippen LogP contribution is 2.47. The summed E-state index contributed by atoms with van der Waals surface area (Å²) in [5, 5.41) is 9.86. The standard InChI is InChI=1S/C31H42N4O4/c1-39-27-18-33(28(27)31(37)38)29-30(36)35(26-12-5-4-11-25(26)32-29)24-16-21-9-6-10-22(17-24)34(21)23-14-19-7-2-3-8-20(13-19)15-23/h4-5,11-12,19-24,27-28H,2-3,6-10,13-18H2,1H3,(H,37,38)/t19-,20+,21-,22+,23?,24?,27-,28-/m0/s1. The van der Waals surface area contributed by atoms with Crippen molar-refractivity contribution in [3.63, 3.8) is 0 Å². The number of rotatable bonds is 5. The SMILES string of the molecule is CO[C@H]1CN(c2nc3ccccc3n(C3C[C@H]4CCC[C@@H](C3)N4C3C[C@H]4CCCC[C@@H](C3)C4)c2=O)[C@@H]1C(=O)O. The fourth-order valence-electron chi connectivity index (χ4n) is 9.18. The fraction of sp³-hybridized carbons (Fsp3) is 0.710. The third-order valence-electron chi connectivity index (χ3n) is 10.8. The minimum atomic E-state index is -0.982. The highest BCUT2D eigenvalue weighted by molar-refractivity contribution is 5.83. The van der Waals surface area contributed by atoms with Crippen LogP contribution in [0.2, 0.25) is 0 Å². The third kappa shape index (κ3) is 4.38. The van der Waals surface area contributed by atoms with Crippen LogP contribution < -0.4 is 10.5 Å². The molecule has 39 heavy (non-hydrogen) atoms. The number of piperidine rings is 2. The Morgan fingerprint density at radius 1 is 0.897 bits per heavy atom. The molecule has 4 heterocycles. The van der Waals surface area contributed by atoms with Crippen molar-refractivity contribution < 1.29 is 14.6 Å². The van der Waals surface area contributed by atoms with Crippen molar-refractivity contribution in [1.82, 2.24) is 14.5 Å². The van der Waals surface area contributed by atoms with Crippen LogP contribution in [0.25, 0.3) is 11.0 Å². The Balaban J connectivity index is 1.22. The second kappa shape index (κ2) is 10.2. The first-order valence-corrected chi connectivity index (χ1v) is 15.3. The van der Waals surface area contributed by atoms with Crippen LogP contribution in [0.15, 0.2) is 29.1 Å². The number of benzene rings is 1. The molecule has 2 unspecified atom stereocenters. The number of anilines is 1. The molecule has 3 saturated heterocycles. The Morgan fingerprint density at radius 3 is 2.26 bits per heavy atom. The van der Waals surface area contributed by atoms with E-state index >= 15 is 0 Å². The van der Waals surface area contributed by atoms with Gasteiger partial charge in [-0.05, 0) is 68.9 Å². The van der Waals surface area contributed by atoms with Crippen molar-refractivity contribution in [2.45, 2.75) is 113 Å². The smallest absolute Gasteiger partial charge is 0.329 e. The highest BCUT2D eigenvalue weighted by atomic mass is 16.5. The van der Waals surface area contributed by atoms with Gasteiger partial charge in [-0.25, -0.2) is 9.78 Å². The van der Waals surface area contributed by atoms with Crippen molar-refractivity contribution >= 4 is 22.8 Å². The van der Waals surface area contributed by atoms with E-state index < -0.39 is 18.1 Å². The minimum Gasteiger partial charge on any atom is -0.480 e. The summed E-state index contributed by atoms with van der Waals surface area (Å²) in [7, 11) is 1.53. The predicted molar refractivity (Wildman–Crippen MR) is 150 cm³/mol. The molecule has 2 saturated carbocycles. The van der Waals surface area contributed by atoms with E-state index in [-0.39, 0.29) is 17.4 Å². The van der Waals surface area contributed by atoms with Gasteiger partial charge in [-0.3, -0.25) is 9.69 Å². The Morgan fingerprint density at radius 2 is 1.59 bits per heavy atom. The highest BCUT2D eigenvalue weighted by Gasteiger charge is 2.48. The summed E-state index contributed by atoms with van der Waals surface area (Å²) in [6, 6.07) is 8.81. The van der Waals surface area contributed by atoms with Gasteiger partial charge in [0.2, 0.25) is 0 Å². The van der Waals surface area contributed by atoms with Gasteiger partial charge in [0.05, 0.1) is 11.0 Å². The summed E-state index contributed by atoms with van der Waals surface area (Å²) in [4.78, 5) is 35.5. The second-order valence-corrected chi connectivity index (χ2v) is 13.0. The molecule has 2 aliphatic carbocycles. The van der Waals surface area contributed by atoms with Gasteiger partial charge >= 0.3 is 5.97 Å². The lowest BCUT2D eigenvalue weighted by molar-refractivity contribution is -0.145. The number of fused-ring (bicyclic) bond motifs is 5. The quantitative estimate of drug-likeness (QED) is 0.600. The van der Waals surface area contributed by atoms with Crippen molar-refractivity contribution in [2.75, 3.05) is 18.6 Å². The van der Waals surface area contributed by atoms with Crippen LogP contribution in [0.1, 0.15) is 83.1 Å². The van der Waals surface area contributed by atoms with Gasteiger partial charge in [-0.2, -0.15) is 0 Å². The van der Waals surface area contributed by atoms with E-state index in [1.807, 2.05) is 28.8 Å². The molecule has 5 fully saturated rings. The lowest BCUT2D eigenvalue weighted by Gasteiger charge is -2.54. The molecular formula is C31H42N4O4. The minimum absolute atomic E-state index is 0.101. The average Bonchev–Trinajstić information content (AvgIpc) is 3.06. The lowest BCUT2D eigenvalue weighted by Crippen LogP contribution is -2.66. The maximum Gasteiger partial charge on any atom is 0.329 e. The monoisotopic (exact) mass is 534 g/mol. The number of hydrogen-bond donors (Lipinski definition) is 1. The molecule has 1 aromatic carbocycles. The summed E-state index contributed by atoms with van der Waals surface area (Å²) >= 11 is 0. The van der Waals surface area contributed by atoms with Crippen LogP contribution in [0, 0.1) is 11.8 Å². The summed E-state index contributed by atoms with van der Waals surface area (Å²) in [6.07, 6.45) is 15.1. The average molecular weight is 535 g/mol. The molecule has 8 heteroatoms. The molecule has 210 valence electrons. The van der Waals surface area contributed by atoms with Crippen LogP contribution in [0.4, 0.5) is 5.82 Å². The number of carboxylic acid groups (broad SMARTS) is 1. The van der Waals surface area contributed by atoms with E-state index in [1.165, 1.54) is 71.3 Å². The summed E-state index contributed by atoms with van der Waals surface area (Å²) in [6.45, 7) is 0.363. The van der Waals surface area contributed by atoms with Crippen LogP contribution >= 0.6 is 0 Å². The van der Waals surface area contributed by atoms with E-state index in [0.717, 1.165) is 35.7 Å². The van der Waals surface area contributed by atoms with Crippen molar-refractivity contribution in [3.8, 4) is 0 Å². The zero-order chi connectivity index (χ0) is 26.7. The van der Waals surface area contributed by atoms with Gasteiger partial charge in [0, 0.05) is 37.8 Å². The van der Waals surface area contributed by atoms with Gasteiger partial charge in [-0.15, -0.1) is 0 Å². The topological polar surface area (TPSA) is 87.9 Å². The molecule has 7 rings (SSSR count). The van der Waals surface area contributed by atoms with Crippen LogP contribution in [0.3, 0.4) is 0 Å². The number of methoxy groups -OCH3 is 1. The number of aromatic nitrogens is 2. The van der Waals surface area contributed by atoms with Gasteiger partial charge < -0.3 is 19.3 Å². The maximum absolute atomic E-state index is 14.2. The van der Waals surface area contributed by atoms with E-state index in [4.69, 9.17) is 9.72 Å². The zero-order valence-corrected chi connectivity index (χ0v) is 23.1. The Hall–Kier alpha value is -2.45. The maximum atomic E-state index is 14.2. The molecule has 0 amide bonds. The summed E-state index contributed by atoms with van der Waals surface area (Å²) in [5.41, 5.74) is 1.46. The van der Waals surface area contributed by atoms with Gasteiger partial charge in [0.1, 0.15) is 6.10 Å². The van der Waals surface area contributed by atoms with Gasteiger partial charge in [0.25, 0.3) is 5.56 Å². The molecule has 3 aliphatic heterocycles. The molecular weight excluding hydrogens is 492 g/mol. The van der Waals surface area contributed by atoms with Crippen LogP contribution in [-0.4, -0.2) is 69.5 Å². The second-order valence-electron chi connectivity index (χ2n) is 13.0. The van der Waals surface area contributed by atoms with E-state index in [0.29, 0.717) is 24.7 Å². The van der Waals surface area contributed by atoms with Crippen molar-refractivity contribution in [3.05, 3.63) is 34.6 Å². The van der Waals surface area contributed by atoms with Crippen molar-refractivity contribution in [1.29, 1.82) is 0 Å². The van der Waals surface area contributed by atoms with E-state index in [9.17, 15) is 14.7 Å². The molecule has 0 radical (unpaired) electrons. The number of aliphatic carboxylic acids is 1. The number of carboxylic acids is 1. The van der Waals surface area contributed by atoms with E-state index in [1.54, 1.807) is 4.90 Å². The zero-order valence-electron chi connectivity index (χ0n) is 23.1. The van der Waals surface area contributed by atoms with Crippen LogP contribution in [-0.2, 0) is 9.53 Å². The van der Waals surface area contributed by atoms with E-state index in [2.05, 4.69) is 4.90 Å². The predicted octanol–water partition coefficient (Wildman–Crippen LogP) is 4.60. The fourth-order valence-corrected chi connectivity index (χ4v) is 9.18. The molecule has 1 N–H and O–H groups in total. The first-order chi connectivity index (χ1) is 19.0. The Bertz CT molecular complexity index is 1270. The number of ether oxygens (including phenoxy) is 1. The first kappa shape index (κ1) is 25.5. The molecule has 1 aromatic heterocycles. The molecule has 5 aliphatic rings. The largest absolute Gasteiger partial charge is 0.480 e. The molecule has 2 aromatic rings. The van der Waals surface area contributed by atoms with Crippen LogP contribution in [0.5, 0.6) is 0 Å². The molecule has 0 spiro atoms. The number of hydrogen-bond acceptors (Lipinski definition) is 6. The molecule has 8 atom stereocenters. The summed E-state index contributed by atoms with van der Waals surface area (Å²) < 4.78 is 7.36. The third-order valence-corrected chi connectivity index (χ3v) is 10.8. The molecule has 4 bridgehead atoms. The number of carbonyl (C=O) groups is 1. The summed E-state index contributed by atoms with van der Waals surface area (Å²) in [5.74, 6) is 1.07. The normalized spacial score (nSPS) is 36.8. The Kier molecular flexibility index (Phi) is 6.66.